The minimum atomic E-state index is -0.466. The van der Waals surface area contributed by atoms with Gasteiger partial charge in [-0.05, 0) is 48.6 Å². The molecule has 2 aromatic rings. The molecule has 0 radical (unpaired) electrons. The third kappa shape index (κ3) is 2.58. The highest BCUT2D eigenvalue weighted by molar-refractivity contribution is 5.95. The fourth-order valence-electron chi connectivity index (χ4n) is 3.97. The number of benzene rings is 1. The van der Waals surface area contributed by atoms with Crippen molar-refractivity contribution >= 4 is 11.5 Å². The molecule has 0 aliphatic heterocycles. The zero-order chi connectivity index (χ0) is 17.4. The van der Waals surface area contributed by atoms with Crippen molar-refractivity contribution in [3.63, 3.8) is 0 Å². The summed E-state index contributed by atoms with van der Waals surface area (Å²) in [7, 11) is 0. The van der Waals surface area contributed by atoms with E-state index in [1.54, 1.807) is 19.3 Å². The van der Waals surface area contributed by atoms with Crippen molar-refractivity contribution in [3.8, 4) is 0 Å². The van der Waals surface area contributed by atoms with E-state index >= 15 is 0 Å². The smallest absolute Gasteiger partial charge is 0.338 e. The number of ether oxygens (including phenoxy) is 1. The molecule has 0 amide bonds. The largest absolute Gasteiger partial charge is 0.511 e. The number of aliphatic hydroxyl groups is 1. The number of hydrogen-bond acceptors (Lipinski definition) is 4. The molecule has 1 N–H and O–H groups in total. The van der Waals surface area contributed by atoms with Crippen LogP contribution in [0.3, 0.4) is 0 Å². The third-order valence-corrected chi connectivity index (χ3v) is 5.01. The minimum absolute atomic E-state index is 0.0790. The van der Waals surface area contributed by atoms with Crippen LogP contribution in [0.5, 0.6) is 0 Å². The molecular formula is C21H20O4. The summed E-state index contributed by atoms with van der Waals surface area (Å²) in [4.78, 5) is 12.5. The van der Waals surface area contributed by atoms with Crippen LogP contribution in [0.1, 0.15) is 42.6 Å². The van der Waals surface area contributed by atoms with E-state index in [-0.39, 0.29) is 18.3 Å². The van der Waals surface area contributed by atoms with Crippen molar-refractivity contribution in [2.24, 2.45) is 0 Å². The monoisotopic (exact) mass is 336 g/mol. The lowest BCUT2D eigenvalue weighted by Gasteiger charge is -2.33. The molecule has 1 heterocycles. The number of allylic oxidation sites excluding steroid dienone is 2. The lowest BCUT2D eigenvalue weighted by molar-refractivity contribution is -0.139. The van der Waals surface area contributed by atoms with Crippen molar-refractivity contribution in [2.45, 2.75) is 32.1 Å². The van der Waals surface area contributed by atoms with E-state index in [0.29, 0.717) is 17.8 Å². The molecule has 0 saturated heterocycles. The molecule has 0 unspecified atom stereocenters. The van der Waals surface area contributed by atoms with Crippen molar-refractivity contribution in [2.75, 3.05) is 6.61 Å². The predicted molar refractivity (Wildman–Crippen MR) is 94.0 cm³/mol. The van der Waals surface area contributed by atoms with Crippen molar-refractivity contribution in [1.82, 2.24) is 0 Å². The summed E-state index contributed by atoms with van der Waals surface area (Å²) in [6, 6.07) is 11.9. The molecule has 0 fully saturated rings. The highest BCUT2D eigenvalue weighted by atomic mass is 16.5. The lowest BCUT2D eigenvalue weighted by Crippen LogP contribution is -2.24. The lowest BCUT2D eigenvalue weighted by atomic mass is 9.71. The van der Waals surface area contributed by atoms with Crippen LogP contribution < -0.4 is 0 Å². The van der Waals surface area contributed by atoms with Crippen molar-refractivity contribution in [3.05, 3.63) is 76.5 Å². The van der Waals surface area contributed by atoms with E-state index in [4.69, 9.17) is 9.15 Å². The number of furan rings is 1. The van der Waals surface area contributed by atoms with Gasteiger partial charge in [0.15, 0.2) is 0 Å². The first kappa shape index (κ1) is 15.8. The number of rotatable bonds is 3. The normalized spacial score (nSPS) is 19.5. The fraction of sp³-hybridized carbons (Fsp3) is 0.286. The maximum atomic E-state index is 12.5. The summed E-state index contributed by atoms with van der Waals surface area (Å²) in [5, 5.41) is 10.7. The quantitative estimate of drug-likeness (QED) is 0.836. The van der Waals surface area contributed by atoms with Gasteiger partial charge in [-0.1, -0.05) is 29.8 Å². The molecule has 4 nitrogen and oxygen atoms in total. The second-order valence-electron chi connectivity index (χ2n) is 6.37. The van der Waals surface area contributed by atoms with E-state index in [1.165, 1.54) is 5.56 Å². The minimum Gasteiger partial charge on any atom is -0.511 e. The molecule has 4 heteroatoms. The molecule has 25 heavy (non-hydrogen) atoms. The number of aliphatic hydroxyl groups excluding tert-OH is 1. The van der Waals surface area contributed by atoms with E-state index in [2.05, 4.69) is 12.1 Å². The molecule has 0 saturated carbocycles. The van der Waals surface area contributed by atoms with Gasteiger partial charge in [-0.25, -0.2) is 4.79 Å². The number of hydrogen-bond donors (Lipinski definition) is 1. The molecule has 1 aromatic carbocycles. The van der Waals surface area contributed by atoms with Crippen LogP contribution in [0, 0.1) is 0 Å². The maximum Gasteiger partial charge on any atom is 0.338 e. The standard InChI is InChI=1S/C21H20O4/c1-2-24-21(23)20-17(22)12-16-14-7-4-3-6-13(14)9-10-15(16)19(20)18-8-5-11-25-18/h3-8,11,19,22H,2,9-10,12H2,1H3/t19-/m1/s1. The van der Waals surface area contributed by atoms with Gasteiger partial charge in [-0.2, -0.15) is 0 Å². The first-order chi connectivity index (χ1) is 12.2. The number of carbonyl (C=O) groups excluding carboxylic acids is 1. The van der Waals surface area contributed by atoms with Crippen LogP contribution in [0.4, 0.5) is 0 Å². The van der Waals surface area contributed by atoms with Crippen LogP contribution in [0.2, 0.25) is 0 Å². The molecular weight excluding hydrogens is 316 g/mol. The Labute approximate surface area is 146 Å². The van der Waals surface area contributed by atoms with Gasteiger partial charge in [0.25, 0.3) is 0 Å². The average molecular weight is 336 g/mol. The second-order valence-corrected chi connectivity index (χ2v) is 6.37. The zero-order valence-corrected chi connectivity index (χ0v) is 14.1. The first-order valence-corrected chi connectivity index (χ1v) is 8.63. The van der Waals surface area contributed by atoms with Gasteiger partial charge in [-0.3, -0.25) is 0 Å². The van der Waals surface area contributed by atoms with Crippen LogP contribution >= 0.6 is 0 Å². The van der Waals surface area contributed by atoms with Gasteiger partial charge < -0.3 is 14.3 Å². The van der Waals surface area contributed by atoms with E-state index in [0.717, 1.165) is 29.6 Å². The number of carbonyl (C=O) groups is 1. The highest BCUT2D eigenvalue weighted by Crippen LogP contribution is 2.49. The molecule has 0 spiro atoms. The maximum absolute atomic E-state index is 12.5. The summed E-state index contributed by atoms with van der Waals surface area (Å²) in [5.41, 5.74) is 5.01. The Morgan fingerprint density at radius 1 is 1.24 bits per heavy atom. The number of aryl methyl sites for hydroxylation is 1. The van der Waals surface area contributed by atoms with Crippen LogP contribution in [0.25, 0.3) is 5.57 Å². The Morgan fingerprint density at radius 2 is 2.08 bits per heavy atom. The summed E-state index contributed by atoms with van der Waals surface area (Å²) < 4.78 is 10.8. The molecule has 4 rings (SSSR count). The van der Waals surface area contributed by atoms with Gasteiger partial charge in [0, 0.05) is 6.42 Å². The third-order valence-electron chi connectivity index (χ3n) is 5.01. The Balaban J connectivity index is 1.88. The zero-order valence-electron chi connectivity index (χ0n) is 14.1. The predicted octanol–water partition coefficient (Wildman–Crippen LogP) is 4.54. The van der Waals surface area contributed by atoms with Crippen molar-refractivity contribution < 1.29 is 19.1 Å². The van der Waals surface area contributed by atoms with Gasteiger partial charge in [0.1, 0.15) is 11.5 Å². The number of esters is 1. The first-order valence-electron chi connectivity index (χ1n) is 8.63. The molecule has 128 valence electrons. The van der Waals surface area contributed by atoms with Crippen molar-refractivity contribution in [1.29, 1.82) is 0 Å². The topological polar surface area (TPSA) is 59.7 Å². The van der Waals surface area contributed by atoms with Crippen LogP contribution in [0.15, 0.2) is 64.0 Å². The average Bonchev–Trinajstić information content (AvgIpc) is 3.15. The van der Waals surface area contributed by atoms with Gasteiger partial charge in [-0.15, -0.1) is 0 Å². The summed E-state index contributed by atoms with van der Waals surface area (Å²) in [6.07, 6.45) is 3.72. The Bertz CT molecular complexity index is 871. The van der Waals surface area contributed by atoms with Crippen LogP contribution in [-0.4, -0.2) is 17.7 Å². The molecule has 0 bridgehead atoms. The molecule has 2 aliphatic rings. The Hall–Kier alpha value is -2.75. The van der Waals surface area contributed by atoms with Gasteiger partial charge >= 0.3 is 5.97 Å². The van der Waals surface area contributed by atoms with E-state index in [1.807, 2.05) is 18.2 Å². The van der Waals surface area contributed by atoms with E-state index in [9.17, 15) is 9.90 Å². The Morgan fingerprint density at radius 3 is 2.84 bits per heavy atom. The summed E-state index contributed by atoms with van der Waals surface area (Å²) in [5.74, 6) is -0.102. The summed E-state index contributed by atoms with van der Waals surface area (Å²) in [6.45, 7) is 2.04. The Kier molecular flexibility index (Phi) is 3.96. The number of fused-ring (bicyclic) bond motifs is 2. The van der Waals surface area contributed by atoms with Gasteiger partial charge in [0.05, 0.1) is 24.4 Å². The molecule has 1 atom stereocenters. The van der Waals surface area contributed by atoms with Gasteiger partial charge in [0.2, 0.25) is 0 Å². The fourth-order valence-corrected chi connectivity index (χ4v) is 3.97. The summed E-state index contributed by atoms with van der Waals surface area (Å²) >= 11 is 0. The van der Waals surface area contributed by atoms with Crippen LogP contribution in [-0.2, 0) is 16.0 Å². The molecule has 2 aliphatic carbocycles. The highest BCUT2D eigenvalue weighted by Gasteiger charge is 2.39. The van der Waals surface area contributed by atoms with E-state index < -0.39 is 5.97 Å². The second kappa shape index (κ2) is 6.28. The molecule has 1 aromatic heterocycles. The SMILES string of the molecule is CCOC(=O)C1=C(O)CC2=C(CCc3ccccc32)[C@@H]1c1ccco1.